The van der Waals surface area contributed by atoms with Gasteiger partial charge in [-0.05, 0) is 162 Å². The first-order chi connectivity index (χ1) is 57.5. The van der Waals surface area contributed by atoms with Crippen LogP contribution in [-0.2, 0) is 10.8 Å². The highest BCUT2D eigenvalue weighted by Gasteiger charge is 2.53. The molecule has 25 rings (SSSR count). The van der Waals surface area contributed by atoms with Gasteiger partial charge in [-0.2, -0.15) is 0 Å². The molecule has 6 heterocycles. The van der Waals surface area contributed by atoms with E-state index in [-0.39, 0.29) is 0 Å². The summed E-state index contributed by atoms with van der Waals surface area (Å²) in [7, 11) is 0. The van der Waals surface area contributed by atoms with E-state index >= 15 is 0 Å². The molecule has 21 aromatic rings. The monoisotopic (exact) mass is 1480 g/mol. The van der Waals surface area contributed by atoms with Crippen LogP contribution in [0.25, 0.3) is 167 Å². The summed E-state index contributed by atoms with van der Waals surface area (Å²) in [5.41, 5.74) is 28.1. The van der Waals surface area contributed by atoms with Crippen molar-refractivity contribution >= 4 is 65.2 Å². The molecular formula is C108H64N6O2. The zero-order valence-corrected chi connectivity index (χ0v) is 62.5. The SMILES string of the molecule is c1ccc(-c2cc(-c3cccc(-n4c5cc6c(cc5c5c7cc(-c8cccc(-c9cc(-c%10ccccc%10)nc(-n%10c%11cc%12c(cc%11c%11c%13ccccc%13ccc%11%10)Oc%10ccccc%10C%12%10c%11ccccc%11-c%11ccccc%11%10)n9)c8)ccc7ccc54)Oc4ccccc4C64c5ccccc5-c5ccccc54)c3)nc(-c3ccccc3)n2)cc1. The van der Waals surface area contributed by atoms with Crippen molar-refractivity contribution in [3.05, 3.63) is 433 Å². The molecule has 0 unspecified atom stereocenters. The summed E-state index contributed by atoms with van der Waals surface area (Å²) in [6.07, 6.45) is 0. The summed E-state index contributed by atoms with van der Waals surface area (Å²) in [6, 6.07) is 141. The lowest BCUT2D eigenvalue weighted by Gasteiger charge is -2.39. The Balaban J connectivity index is 0.697. The standard InChI is InChI=1S/C108H64N6O2/c1-4-27-67(28-5-1)91-63-93(110-105(109-91)69-31-8-3-9-32-69)73-35-25-36-74(57-73)113-95-54-53-66-50-51-71(58-80(66)104(95)81-59-101-89(61-97(81)113)107(87-46-20-22-48-99(87)115-101)83-42-16-12-38-76(83)77-39-13-17-43-84(77)107)70-33-24-34-72(56-70)94-64-92(68-29-6-2-7-30-68)111-106(112-94)114-96-55-52-65-26-10-11-37-75(65)103(96)82-60-102-90(62-98(82)114)108(88-47-21-23-49-100(88)116-102)85-44-18-14-40-78(85)79-41-15-19-45-86(79)108/h1-64H. The highest BCUT2D eigenvalue weighted by molar-refractivity contribution is 6.24. The number of aromatic nitrogens is 6. The van der Waals surface area contributed by atoms with Gasteiger partial charge in [0.05, 0.1) is 55.7 Å². The Labute approximate surface area is 667 Å². The molecule has 0 bridgehead atoms. The summed E-state index contributed by atoms with van der Waals surface area (Å²) in [4.78, 5) is 22.1. The quantitative estimate of drug-likeness (QED) is 0.151. The van der Waals surface area contributed by atoms with Crippen LogP contribution in [0.4, 0.5) is 0 Å². The fourth-order valence-corrected chi connectivity index (χ4v) is 20.2. The van der Waals surface area contributed by atoms with Gasteiger partial charge < -0.3 is 14.0 Å². The van der Waals surface area contributed by atoms with Crippen molar-refractivity contribution in [3.63, 3.8) is 0 Å². The van der Waals surface area contributed by atoms with Gasteiger partial charge in [-0.25, -0.2) is 19.9 Å². The molecule has 116 heavy (non-hydrogen) atoms. The van der Waals surface area contributed by atoms with E-state index in [9.17, 15) is 0 Å². The molecule has 2 aliphatic heterocycles. The lowest BCUT2D eigenvalue weighted by Crippen LogP contribution is -2.32. The van der Waals surface area contributed by atoms with Crippen molar-refractivity contribution in [1.29, 1.82) is 0 Å². The van der Waals surface area contributed by atoms with Crippen LogP contribution in [0.5, 0.6) is 23.0 Å². The Hall–Kier alpha value is -15.4. The molecule has 0 fully saturated rings. The van der Waals surface area contributed by atoms with Crippen LogP contribution in [0.3, 0.4) is 0 Å². The molecule has 0 saturated heterocycles. The molecule has 2 aliphatic carbocycles. The Kier molecular flexibility index (Phi) is 13.6. The molecule has 0 atom stereocenters. The molecule has 4 aromatic heterocycles. The van der Waals surface area contributed by atoms with Gasteiger partial charge in [-0.1, -0.05) is 303 Å². The smallest absolute Gasteiger partial charge is 0.235 e. The van der Waals surface area contributed by atoms with Crippen LogP contribution in [0.2, 0.25) is 0 Å². The zero-order valence-electron chi connectivity index (χ0n) is 62.5. The lowest BCUT2D eigenvalue weighted by atomic mass is 9.66. The maximum Gasteiger partial charge on any atom is 0.235 e. The minimum Gasteiger partial charge on any atom is -0.457 e. The molecule has 2 spiro atoms. The second kappa shape index (κ2) is 24.6. The third kappa shape index (κ3) is 9.14. The van der Waals surface area contributed by atoms with E-state index in [0.717, 1.165) is 178 Å². The molecule has 8 nitrogen and oxygen atoms in total. The Bertz CT molecular complexity index is 7640. The van der Waals surface area contributed by atoms with Gasteiger partial charge >= 0.3 is 0 Å². The maximum absolute atomic E-state index is 7.36. The van der Waals surface area contributed by atoms with Crippen LogP contribution in [0.15, 0.2) is 388 Å². The molecule has 0 saturated carbocycles. The molecule has 0 N–H and O–H groups in total. The van der Waals surface area contributed by atoms with E-state index in [1.807, 2.05) is 24.3 Å². The first-order valence-electron chi connectivity index (χ1n) is 39.6. The molecule has 538 valence electrons. The minimum absolute atomic E-state index is 0.559. The predicted molar refractivity (Wildman–Crippen MR) is 469 cm³/mol. The van der Waals surface area contributed by atoms with Crippen molar-refractivity contribution in [2.24, 2.45) is 0 Å². The summed E-state index contributed by atoms with van der Waals surface area (Å²) in [6.45, 7) is 0. The number of para-hydroxylation sites is 2. The predicted octanol–water partition coefficient (Wildman–Crippen LogP) is 26.7. The first-order valence-corrected chi connectivity index (χ1v) is 39.6. The minimum atomic E-state index is -0.704. The molecule has 0 radical (unpaired) electrons. The fourth-order valence-electron chi connectivity index (χ4n) is 20.2. The van der Waals surface area contributed by atoms with E-state index in [4.69, 9.17) is 29.4 Å². The number of fused-ring (bicyclic) bond motifs is 28. The highest BCUT2D eigenvalue weighted by Crippen LogP contribution is 2.65. The molecule has 17 aromatic carbocycles. The van der Waals surface area contributed by atoms with Crippen molar-refractivity contribution in [3.8, 4) is 124 Å². The van der Waals surface area contributed by atoms with E-state index in [2.05, 4.69) is 373 Å². The molecular weight excluding hydrogens is 1410 g/mol. The van der Waals surface area contributed by atoms with E-state index in [1.165, 1.54) is 44.5 Å². The Morgan fingerprint density at radius 3 is 1.18 bits per heavy atom. The van der Waals surface area contributed by atoms with Gasteiger partial charge in [-0.15, -0.1) is 0 Å². The van der Waals surface area contributed by atoms with Crippen LogP contribution in [-0.4, -0.2) is 29.1 Å². The Morgan fingerprint density at radius 2 is 0.612 bits per heavy atom. The van der Waals surface area contributed by atoms with Gasteiger partial charge in [0.25, 0.3) is 0 Å². The van der Waals surface area contributed by atoms with Gasteiger partial charge in [-0.3, -0.25) is 4.57 Å². The molecule has 0 amide bonds. The number of rotatable bonds is 8. The third-order valence-electron chi connectivity index (χ3n) is 25.0. The summed E-state index contributed by atoms with van der Waals surface area (Å²) in [5.74, 6) is 4.55. The Morgan fingerprint density at radius 1 is 0.216 bits per heavy atom. The van der Waals surface area contributed by atoms with E-state index in [0.29, 0.717) is 11.8 Å². The number of ether oxygens (including phenoxy) is 2. The maximum atomic E-state index is 7.36. The number of hydrogen-bond donors (Lipinski definition) is 0. The summed E-state index contributed by atoms with van der Waals surface area (Å²) >= 11 is 0. The number of benzene rings is 17. The van der Waals surface area contributed by atoms with Crippen LogP contribution < -0.4 is 9.47 Å². The summed E-state index contributed by atoms with van der Waals surface area (Å²) < 4.78 is 19.4. The highest BCUT2D eigenvalue weighted by atomic mass is 16.5. The van der Waals surface area contributed by atoms with Crippen molar-refractivity contribution in [2.75, 3.05) is 0 Å². The van der Waals surface area contributed by atoms with Crippen molar-refractivity contribution in [1.82, 2.24) is 29.1 Å². The zero-order chi connectivity index (χ0) is 75.9. The third-order valence-corrected chi connectivity index (χ3v) is 25.0. The second-order valence-electron chi connectivity index (χ2n) is 31.0. The normalized spacial score (nSPS) is 13.4. The van der Waals surface area contributed by atoms with Gasteiger partial charge in [0, 0.05) is 77.3 Å². The summed E-state index contributed by atoms with van der Waals surface area (Å²) in [5, 5.41) is 8.84. The van der Waals surface area contributed by atoms with Crippen LogP contribution >= 0.6 is 0 Å². The van der Waals surface area contributed by atoms with E-state index in [1.54, 1.807) is 0 Å². The second-order valence-corrected chi connectivity index (χ2v) is 31.0. The van der Waals surface area contributed by atoms with Gasteiger partial charge in [0.1, 0.15) is 23.0 Å². The van der Waals surface area contributed by atoms with Crippen LogP contribution in [0, 0.1) is 0 Å². The number of hydrogen-bond acceptors (Lipinski definition) is 6. The van der Waals surface area contributed by atoms with E-state index < -0.39 is 10.8 Å². The number of nitrogens with zero attached hydrogens (tertiary/aromatic N) is 6. The lowest BCUT2D eigenvalue weighted by molar-refractivity contribution is 0.437. The first kappa shape index (κ1) is 64.3. The van der Waals surface area contributed by atoms with Crippen molar-refractivity contribution in [2.45, 2.75) is 10.8 Å². The largest absolute Gasteiger partial charge is 0.457 e. The van der Waals surface area contributed by atoms with Gasteiger partial charge in [0.15, 0.2) is 5.82 Å². The molecule has 4 aliphatic rings. The average molecular weight is 1480 g/mol. The molecule has 8 heteroatoms. The van der Waals surface area contributed by atoms with Crippen molar-refractivity contribution < 1.29 is 9.47 Å². The average Bonchev–Trinajstić information content (AvgIpc) is 1.50. The van der Waals surface area contributed by atoms with Gasteiger partial charge in [0.2, 0.25) is 5.95 Å². The fraction of sp³-hybridized carbons (Fsp3) is 0.0185. The topological polar surface area (TPSA) is 79.9 Å². The van der Waals surface area contributed by atoms with Crippen LogP contribution in [0.1, 0.15) is 44.5 Å².